The molecule has 1 aliphatic rings. The zero-order chi connectivity index (χ0) is 21.3. The van der Waals surface area contributed by atoms with Crippen LogP contribution in [0, 0.1) is 5.82 Å². The number of hydrogen-bond acceptors (Lipinski definition) is 6. The number of anilines is 1. The van der Waals surface area contributed by atoms with E-state index in [1.807, 2.05) is 0 Å². The Bertz CT molecular complexity index is 1030. The lowest BCUT2D eigenvalue weighted by molar-refractivity contribution is 0.0810. The number of pyridine rings is 1. The second-order valence-corrected chi connectivity index (χ2v) is 6.99. The van der Waals surface area contributed by atoms with E-state index < -0.39 is 11.9 Å². The van der Waals surface area contributed by atoms with Crippen molar-refractivity contribution in [2.75, 3.05) is 26.4 Å². The summed E-state index contributed by atoms with van der Waals surface area (Å²) < 4.78 is 19.9. The highest BCUT2D eigenvalue weighted by Gasteiger charge is 2.25. The van der Waals surface area contributed by atoms with Gasteiger partial charge in [0.15, 0.2) is 11.6 Å². The largest absolute Gasteiger partial charge is 0.482 e. The summed E-state index contributed by atoms with van der Waals surface area (Å²) >= 11 is 0. The zero-order valence-electron chi connectivity index (χ0n) is 16.9. The zero-order valence-corrected chi connectivity index (χ0v) is 16.9. The second kappa shape index (κ2) is 7.90. The van der Waals surface area contributed by atoms with E-state index in [1.165, 1.54) is 23.1 Å². The molecule has 1 unspecified atom stereocenters. The smallest absolute Gasteiger partial charge is 0.254 e. The topological polar surface area (TPSA) is 107 Å². The standard InChI is InChI=1S/C21H24FN5O2/c1-11(23)19-13-7-18(20(24)26-9-13)29-12(2)16-8-14(22)5-6-15(16)21(28)27(4)10-17(19)25-3/h5-9,12H,10,23H2,1-4H3,(H2,24,26). The van der Waals surface area contributed by atoms with Crippen molar-refractivity contribution in [3.8, 4) is 5.75 Å². The molecule has 8 heteroatoms. The first-order valence-corrected chi connectivity index (χ1v) is 9.12. The van der Waals surface area contributed by atoms with Crippen molar-refractivity contribution in [2.45, 2.75) is 20.0 Å². The van der Waals surface area contributed by atoms with Gasteiger partial charge in [-0.1, -0.05) is 0 Å². The molecule has 29 heavy (non-hydrogen) atoms. The van der Waals surface area contributed by atoms with E-state index in [0.29, 0.717) is 39.4 Å². The van der Waals surface area contributed by atoms with Crippen LogP contribution in [0.1, 0.15) is 41.4 Å². The van der Waals surface area contributed by atoms with E-state index >= 15 is 0 Å². The van der Waals surface area contributed by atoms with Crippen molar-refractivity contribution in [1.29, 1.82) is 0 Å². The quantitative estimate of drug-likeness (QED) is 0.711. The van der Waals surface area contributed by atoms with Crippen LogP contribution in [0.3, 0.4) is 0 Å². The molecule has 0 spiro atoms. The molecule has 1 amide bonds. The summed E-state index contributed by atoms with van der Waals surface area (Å²) in [6.45, 7) is 3.70. The third kappa shape index (κ3) is 3.91. The first-order chi connectivity index (χ1) is 13.7. The van der Waals surface area contributed by atoms with Crippen molar-refractivity contribution in [1.82, 2.24) is 9.88 Å². The summed E-state index contributed by atoms with van der Waals surface area (Å²) in [7, 11) is 3.30. The Labute approximate surface area is 168 Å². The molecular formula is C21H24FN5O2. The van der Waals surface area contributed by atoms with Gasteiger partial charge in [0.1, 0.15) is 11.9 Å². The number of fused-ring (bicyclic) bond motifs is 3. The maximum absolute atomic E-state index is 13.9. The fourth-order valence-electron chi connectivity index (χ4n) is 3.39. The molecule has 1 atom stereocenters. The third-order valence-electron chi connectivity index (χ3n) is 4.84. The van der Waals surface area contributed by atoms with Crippen molar-refractivity contribution < 1.29 is 13.9 Å². The van der Waals surface area contributed by atoms with Crippen molar-refractivity contribution >= 4 is 23.0 Å². The lowest BCUT2D eigenvalue weighted by Crippen LogP contribution is -2.34. The van der Waals surface area contributed by atoms with Crippen LogP contribution in [0.5, 0.6) is 5.75 Å². The number of nitrogens with two attached hydrogens (primary N) is 2. The van der Waals surface area contributed by atoms with E-state index in [2.05, 4.69) is 9.98 Å². The van der Waals surface area contributed by atoms with Crippen molar-refractivity contribution in [3.05, 3.63) is 58.7 Å². The van der Waals surface area contributed by atoms with E-state index in [4.69, 9.17) is 16.2 Å². The van der Waals surface area contributed by atoms with Gasteiger partial charge in [-0.05, 0) is 38.1 Å². The van der Waals surface area contributed by atoms with Crippen molar-refractivity contribution in [2.24, 2.45) is 10.7 Å². The minimum atomic E-state index is -0.637. The Balaban J connectivity index is 2.27. The van der Waals surface area contributed by atoms with Gasteiger partial charge in [-0.25, -0.2) is 9.37 Å². The molecule has 1 aromatic carbocycles. The molecule has 152 valence electrons. The van der Waals surface area contributed by atoms with Crippen LogP contribution in [-0.4, -0.2) is 42.1 Å². The molecule has 4 N–H and O–H groups in total. The molecule has 2 aromatic rings. The van der Waals surface area contributed by atoms with Crippen LogP contribution < -0.4 is 16.2 Å². The maximum Gasteiger partial charge on any atom is 0.254 e. The summed E-state index contributed by atoms with van der Waals surface area (Å²) in [5.74, 6) is -0.230. The molecule has 1 aromatic heterocycles. The van der Waals surface area contributed by atoms with Crippen molar-refractivity contribution in [3.63, 3.8) is 0 Å². The van der Waals surface area contributed by atoms with Gasteiger partial charge < -0.3 is 21.1 Å². The Morgan fingerprint density at radius 3 is 2.76 bits per heavy atom. The molecule has 0 fully saturated rings. The molecule has 3 rings (SSSR count). The van der Waals surface area contributed by atoms with E-state index in [-0.39, 0.29) is 18.3 Å². The molecule has 1 aliphatic heterocycles. The van der Waals surface area contributed by atoms with Gasteiger partial charge >= 0.3 is 0 Å². The predicted molar refractivity (Wildman–Crippen MR) is 111 cm³/mol. The predicted octanol–water partition coefficient (Wildman–Crippen LogP) is 2.79. The van der Waals surface area contributed by atoms with Crippen LogP contribution in [0.4, 0.5) is 10.2 Å². The number of hydrogen-bond donors (Lipinski definition) is 2. The molecule has 2 heterocycles. The monoisotopic (exact) mass is 397 g/mol. The highest BCUT2D eigenvalue weighted by Crippen LogP contribution is 2.32. The molecule has 2 bridgehead atoms. The summed E-state index contributed by atoms with van der Waals surface area (Å²) in [5, 5.41) is 0. The maximum atomic E-state index is 13.9. The molecule has 0 saturated carbocycles. The minimum absolute atomic E-state index is 0.183. The Morgan fingerprint density at radius 1 is 1.38 bits per heavy atom. The minimum Gasteiger partial charge on any atom is -0.482 e. The van der Waals surface area contributed by atoms with Gasteiger partial charge in [-0.3, -0.25) is 9.79 Å². The number of ether oxygens (including phenoxy) is 1. The van der Waals surface area contributed by atoms with Gasteiger partial charge in [0.2, 0.25) is 0 Å². The summed E-state index contributed by atoms with van der Waals surface area (Å²) in [6, 6.07) is 5.75. The normalized spacial score (nSPS) is 20.4. The SMILES string of the molecule is CN=C1CN(C)C(=O)c2ccc(F)cc2C(C)Oc2cc(cnc2N)C1=C(C)N. The summed E-state index contributed by atoms with van der Waals surface area (Å²) in [5.41, 5.74) is 15.4. The van der Waals surface area contributed by atoms with Crippen LogP contribution in [-0.2, 0) is 0 Å². The molecule has 0 radical (unpaired) electrons. The number of allylic oxidation sites excluding steroid dienone is 1. The number of aromatic nitrogens is 1. The van der Waals surface area contributed by atoms with E-state index in [9.17, 15) is 9.18 Å². The van der Waals surface area contributed by atoms with Crippen LogP contribution in [0.25, 0.3) is 5.57 Å². The number of nitrogen functional groups attached to an aromatic ring is 1. The van der Waals surface area contributed by atoms with Crippen LogP contribution >= 0.6 is 0 Å². The summed E-state index contributed by atoms with van der Waals surface area (Å²) in [4.78, 5) is 23.2. The van der Waals surface area contributed by atoms with Crippen LogP contribution in [0.15, 0.2) is 41.2 Å². The number of carbonyl (C=O) groups is 1. The molecule has 0 saturated heterocycles. The molecule has 7 nitrogen and oxygen atoms in total. The number of rotatable bonds is 0. The van der Waals surface area contributed by atoms with E-state index in [0.717, 1.165) is 0 Å². The number of nitrogens with zero attached hydrogens (tertiary/aromatic N) is 3. The Morgan fingerprint density at radius 2 is 2.10 bits per heavy atom. The fourth-order valence-corrected chi connectivity index (χ4v) is 3.39. The number of amides is 1. The van der Waals surface area contributed by atoms with Gasteiger partial charge in [0.05, 0.1) is 12.3 Å². The average molecular weight is 397 g/mol. The number of carbonyl (C=O) groups excluding carboxylic acids is 1. The summed E-state index contributed by atoms with van der Waals surface area (Å²) in [6.07, 6.45) is 0.952. The fraction of sp³-hybridized carbons (Fsp3) is 0.286. The highest BCUT2D eigenvalue weighted by atomic mass is 19.1. The second-order valence-electron chi connectivity index (χ2n) is 6.99. The van der Waals surface area contributed by atoms with Gasteiger partial charge in [0.25, 0.3) is 5.91 Å². The number of benzene rings is 1. The number of halogens is 1. The first kappa shape index (κ1) is 20.3. The highest BCUT2D eigenvalue weighted by molar-refractivity contribution is 6.26. The van der Waals surface area contributed by atoms with Gasteiger partial charge in [0, 0.05) is 48.3 Å². The lowest BCUT2D eigenvalue weighted by Gasteiger charge is -2.25. The van der Waals surface area contributed by atoms with Gasteiger partial charge in [-0.2, -0.15) is 0 Å². The first-order valence-electron chi connectivity index (χ1n) is 9.12. The van der Waals surface area contributed by atoms with Gasteiger partial charge in [-0.15, -0.1) is 0 Å². The molecule has 0 aliphatic carbocycles. The van der Waals surface area contributed by atoms with Crippen LogP contribution in [0.2, 0.25) is 0 Å². The Hall–Kier alpha value is -3.42. The lowest BCUT2D eigenvalue weighted by atomic mass is 9.98. The third-order valence-corrected chi connectivity index (χ3v) is 4.84. The number of aliphatic imine (C=N–C) groups is 1. The molecular weight excluding hydrogens is 373 g/mol. The Kier molecular flexibility index (Phi) is 5.54. The average Bonchev–Trinajstić information content (AvgIpc) is 2.68. The van der Waals surface area contributed by atoms with E-state index in [1.54, 1.807) is 40.2 Å².